The molecule has 1 amide bonds. The average Bonchev–Trinajstić information content (AvgIpc) is 2.46. The van der Waals surface area contributed by atoms with Gasteiger partial charge in [-0.1, -0.05) is 29.8 Å². The van der Waals surface area contributed by atoms with Crippen LogP contribution in [0.1, 0.15) is 25.8 Å². The van der Waals surface area contributed by atoms with Crippen molar-refractivity contribution in [1.82, 2.24) is 5.32 Å². The van der Waals surface area contributed by atoms with Gasteiger partial charge >= 0.3 is 5.97 Å². The Morgan fingerprint density at radius 1 is 1.26 bits per heavy atom. The van der Waals surface area contributed by atoms with Gasteiger partial charge in [0.2, 0.25) is 5.91 Å². The Hall–Kier alpha value is -1.76. The predicted molar refractivity (Wildman–Crippen MR) is 87.9 cm³/mol. The Bertz CT molecular complexity index is 602. The molecule has 0 unspecified atom stereocenters. The molecule has 23 heavy (non-hydrogen) atoms. The number of carbonyl (C=O) groups is 2. The first-order valence-electron chi connectivity index (χ1n) is 7.47. The van der Waals surface area contributed by atoms with Crippen LogP contribution in [0.15, 0.2) is 16.6 Å². The lowest BCUT2D eigenvalue weighted by Crippen LogP contribution is -2.42. The highest BCUT2D eigenvalue weighted by Gasteiger charge is 2.22. The van der Waals surface area contributed by atoms with E-state index in [2.05, 4.69) is 21.2 Å². The molecule has 1 aliphatic heterocycles. The van der Waals surface area contributed by atoms with Crippen molar-refractivity contribution in [1.29, 1.82) is 0 Å². The molecule has 6 nitrogen and oxygen atoms in total. The quantitative estimate of drug-likeness (QED) is 0.784. The Kier molecular flexibility index (Phi) is 5.87. The number of benzene rings is 1. The summed E-state index contributed by atoms with van der Waals surface area (Å²) in [5, 5.41) is 11.8. The van der Waals surface area contributed by atoms with E-state index in [0.717, 1.165) is 10.0 Å². The van der Waals surface area contributed by atoms with E-state index in [0.29, 0.717) is 31.1 Å². The average molecular weight is 386 g/mol. The molecule has 0 fully saturated rings. The van der Waals surface area contributed by atoms with E-state index in [1.54, 1.807) is 12.1 Å². The van der Waals surface area contributed by atoms with Crippen LogP contribution in [0.3, 0.4) is 0 Å². The van der Waals surface area contributed by atoms with Gasteiger partial charge in [0.25, 0.3) is 0 Å². The third-order valence-corrected chi connectivity index (χ3v) is 4.14. The second-order valence-corrected chi connectivity index (χ2v) is 6.71. The predicted octanol–water partition coefficient (Wildman–Crippen LogP) is 2.38. The van der Waals surface area contributed by atoms with Crippen molar-refractivity contribution in [3.63, 3.8) is 0 Å². The zero-order valence-corrected chi connectivity index (χ0v) is 14.7. The van der Waals surface area contributed by atoms with Crippen molar-refractivity contribution in [2.75, 3.05) is 13.2 Å². The lowest BCUT2D eigenvalue weighted by Gasteiger charge is -2.20. The van der Waals surface area contributed by atoms with Gasteiger partial charge < -0.3 is 19.9 Å². The number of rotatable bonds is 6. The van der Waals surface area contributed by atoms with Gasteiger partial charge in [-0.05, 0) is 30.0 Å². The maximum atomic E-state index is 12.2. The standard InChI is InChI=1S/C16H20BrNO5/c1-9(2)5-12(16(20)21)18-15(19)7-10-6-13-14(8-11(10)17)23-4-3-22-13/h6,8-9,12H,3-5,7H2,1-2H3,(H,18,19)(H,20,21)/t12-/m1/s1. The molecule has 0 spiro atoms. The smallest absolute Gasteiger partial charge is 0.326 e. The molecular weight excluding hydrogens is 366 g/mol. The van der Waals surface area contributed by atoms with E-state index in [9.17, 15) is 14.7 Å². The van der Waals surface area contributed by atoms with Crippen LogP contribution in [-0.4, -0.2) is 36.2 Å². The number of carboxylic acids is 1. The van der Waals surface area contributed by atoms with Crippen LogP contribution in [0.4, 0.5) is 0 Å². The van der Waals surface area contributed by atoms with E-state index in [1.807, 2.05) is 13.8 Å². The molecule has 1 aliphatic rings. The summed E-state index contributed by atoms with van der Waals surface area (Å²) in [6.45, 7) is 4.80. The topological polar surface area (TPSA) is 84.9 Å². The molecule has 0 saturated heterocycles. The maximum absolute atomic E-state index is 12.2. The van der Waals surface area contributed by atoms with Gasteiger partial charge in [-0.25, -0.2) is 4.79 Å². The molecule has 0 aliphatic carbocycles. The number of fused-ring (bicyclic) bond motifs is 1. The minimum absolute atomic E-state index is 0.0686. The fraction of sp³-hybridized carbons (Fsp3) is 0.500. The van der Waals surface area contributed by atoms with E-state index in [1.165, 1.54) is 0 Å². The summed E-state index contributed by atoms with van der Waals surface area (Å²) in [6, 6.07) is 2.63. The molecule has 2 N–H and O–H groups in total. The molecule has 1 heterocycles. The number of amides is 1. The fourth-order valence-corrected chi connectivity index (χ4v) is 2.82. The van der Waals surface area contributed by atoms with Crippen LogP contribution < -0.4 is 14.8 Å². The molecule has 1 aromatic rings. The van der Waals surface area contributed by atoms with Crippen LogP contribution in [0.2, 0.25) is 0 Å². The first-order valence-corrected chi connectivity index (χ1v) is 8.26. The van der Waals surface area contributed by atoms with Gasteiger partial charge in [-0.3, -0.25) is 4.79 Å². The van der Waals surface area contributed by atoms with Gasteiger partial charge in [0.1, 0.15) is 19.3 Å². The molecule has 0 aromatic heterocycles. The summed E-state index contributed by atoms with van der Waals surface area (Å²) >= 11 is 3.41. The largest absolute Gasteiger partial charge is 0.486 e. The summed E-state index contributed by atoms with van der Waals surface area (Å²) in [5.41, 5.74) is 0.723. The number of ether oxygens (including phenoxy) is 2. The van der Waals surface area contributed by atoms with Crippen molar-refractivity contribution in [2.45, 2.75) is 32.7 Å². The zero-order valence-electron chi connectivity index (χ0n) is 13.1. The molecular formula is C16H20BrNO5. The van der Waals surface area contributed by atoms with Gasteiger partial charge in [-0.2, -0.15) is 0 Å². The van der Waals surface area contributed by atoms with Gasteiger partial charge in [0, 0.05) is 4.47 Å². The molecule has 0 bridgehead atoms. The third-order valence-electron chi connectivity index (χ3n) is 3.40. The minimum atomic E-state index is -1.02. The number of hydrogen-bond acceptors (Lipinski definition) is 4. The highest BCUT2D eigenvalue weighted by molar-refractivity contribution is 9.10. The Morgan fingerprint density at radius 3 is 2.43 bits per heavy atom. The van der Waals surface area contributed by atoms with E-state index >= 15 is 0 Å². The molecule has 2 rings (SSSR count). The summed E-state index contributed by atoms with van der Waals surface area (Å²) in [7, 11) is 0. The summed E-state index contributed by atoms with van der Waals surface area (Å²) in [4.78, 5) is 23.4. The van der Waals surface area contributed by atoms with Crippen molar-refractivity contribution >= 4 is 27.8 Å². The first-order chi connectivity index (χ1) is 10.9. The number of carbonyl (C=O) groups excluding carboxylic acids is 1. The maximum Gasteiger partial charge on any atom is 0.326 e. The molecule has 1 atom stereocenters. The SMILES string of the molecule is CC(C)C[C@@H](NC(=O)Cc1cc2c(cc1Br)OCCO2)C(=O)O. The first kappa shape index (κ1) is 17.6. The number of carboxylic acid groups (broad SMARTS) is 1. The lowest BCUT2D eigenvalue weighted by atomic mass is 10.0. The van der Waals surface area contributed by atoms with Crippen molar-refractivity contribution in [2.24, 2.45) is 5.92 Å². The molecule has 7 heteroatoms. The Labute approximate surface area is 143 Å². The molecule has 0 saturated carbocycles. The van der Waals surface area contributed by atoms with Crippen LogP contribution in [-0.2, 0) is 16.0 Å². The van der Waals surface area contributed by atoms with Crippen LogP contribution in [0.25, 0.3) is 0 Å². The van der Waals surface area contributed by atoms with E-state index < -0.39 is 12.0 Å². The van der Waals surface area contributed by atoms with E-state index in [-0.39, 0.29) is 18.2 Å². The number of nitrogens with one attached hydrogen (secondary N) is 1. The summed E-state index contributed by atoms with van der Waals surface area (Å²) in [6.07, 6.45) is 0.461. The van der Waals surface area contributed by atoms with Gasteiger partial charge in [0.05, 0.1) is 6.42 Å². The normalized spacial score (nSPS) is 14.4. The van der Waals surface area contributed by atoms with Crippen molar-refractivity contribution < 1.29 is 24.2 Å². The van der Waals surface area contributed by atoms with Gasteiger partial charge in [0.15, 0.2) is 11.5 Å². The van der Waals surface area contributed by atoms with Crippen molar-refractivity contribution in [3.05, 3.63) is 22.2 Å². The zero-order chi connectivity index (χ0) is 17.0. The second-order valence-electron chi connectivity index (χ2n) is 5.85. The number of halogens is 1. The second kappa shape index (κ2) is 7.68. The highest BCUT2D eigenvalue weighted by atomic mass is 79.9. The Balaban J connectivity index is 2.06. The third kappa shape index (κ3) is 4.86. The van der Waals surface area contributed by atoms with Gasteiger partial charge in [-0.15, -0.1) is 0 Å². The summed E-state index contributed by atoms with van der Waals surface area (Å²) < 4.78 is 11.7. The van der Waals surface area contributed by atoms with Crippen LogP contribution in [0, 0.1) is 5.92 Å². The van der Waals surface area contributed by atoms with E-state index in [4.69, 9.17) is 9.47 Å². The number of hydrogen-bond donors (Lipinski definition) is 2. The fourth-order valence-electron chi connectivity index (χ4n) is 2.35. The number of aliphatic carboxylic acids is 1. The van der Waals surface area contributed by atoms with Crippen LogP contribution in [0.5, 0.6) is 11.5 Å². The molecule has 1 aromatic carbocycles. The molecule has 0 radical (unpaired) electrons. The minimum Gasteiger partial charge on any atom is -0.486 e. The highest BCUT2D eigenvalue weighted by Crippen LogP contribution is 2.35. The Morgan fingerprint density at radius 2 is 1.87 bits per heavy atom. The molecule has 126 valence electrons. The lowest BCUT2D eigenvalue weighted by molar-refractivity contribution is -0.142. The summed E-state index contributed by atoms with van der Waals surface area (Å²) in [5.74, 6) is 0.0517. The van der Waals surface area contributed by atoms with Crippen molar-refractivity contribution in [3.8, 4) is 11.5 Å². The monoisotopic (exact) mass is 385 g/mol. The van der Waals surface area contributed by atoms with Crippen LogP contribution >= 0.6 is 15.9 Å².